The van der Waals surface area contributed by atoms with E-state index in [0.717, 1.165) is 15.8 Å². The van der Waals surface area contributed by atoms with Crippen molar-refractivity contribution in [2.45, 2.75) is 0 Å². The first-order valence-electron chi connectivity index (χ1n) is 6.79. The number of hydrogen-bond acceptors (Lipinski definition) is 1. The van der Waals surface area contributed by atoms with E-state index in [9.17, 15) is 0 Å². The van der Waals surface area contributed by atoms with E-state index < -0.39 is 0 Å². The Kier molecular flexibility index (Phi) is 2.76. The number of halogens is 1. The highest BCUT2D eigenvalue weighted by Gasteiger charge is 2.13. The van der Waals surface area contributed by atoms with Crippen LogP contribution in [0.5, 0.6) is 0 Å². The van der Waals surface area contributed by atoms with E-state index in [2.05, 4.69) is 75.1 Å². The summed E-state index contributed by atoms with van der Waals surface area (Å²) in [7, 11) is 0. The molecule has 0 saturated heterocycles. The maximum absolute atomic E-state index is 6.22. The van der Waals surface area contributed by atoms with Crippen LogP contribution >= 0.6 is 15.9 Å². The van der Waals surface area contributed by atoms with Gasteiger partial charge in [0.15, 0.2) is 0 Å². The van der Waals surface area contributed by atoms with Gasteiger partial charge < -0.3 is 10.3 Å². The third kappa shape index (κ3) is 1.85. The zero-order valence-electron chi connectivity index (χ0n) is 11.3. The molecule has 2 N–H and O–H groups in total. The Balaban J connectivity index is 2.23. The van der Waals surface area contributed by atoms with Crippen LogP contribution in [-0.2, 0) is 0 Å². The molecule has 1 aromatic heterocycles. The maximum atomic E-state index is 6.22. The Bertz CT molecular complexity index is 916. The minimum Gasteiger partial charge on any atom is -0.397 e. The molecule has 3 heteroatoms. The second kappa shape index (κ2) is 4.64. The van der Waals surface area contributed by atoms with Gasteiger partial charge in [-0.1, -0.05) is 52.3 Å². The molecule has 0 saturated carbocycles. The van der Waals surface area contributed by atoms with Crippen molar-refractivity contribution in [3.8, 4) is 5.69 Å². The SMILES string of the molecule is Nc1ccc(Br)cc1-n1c2ccccc2c2ccccc21. The molecule has 0 aliphatic heterocycles. The summed E-state index contributed by atoms with van der Waals surface area (Å²) in [5.41, 5.74) is 10.3. The average molecular weight is 337 g/mol. The molecular formula is C18H13BrN2. The van der Waals surface area contributed by atoms with Gasteiger partial charge in [0.05, 0.1) is 22.4 Å². The van der Waals surface area contributed by atoms with Crippen molar-refractivity contribution in [1.82, 2.24) is 4.57 Å². The fourth-order valence-corrected chi connectivity index (χ4v) is 3.24. The van der Waals surface area contributed by atoms with Gasteiger partial charge in [-0.05, 0) is 30.3 Å². The smallest absolute Gasteiger partial charge is 0.0702 e. The molecule has 0 amide bonds. The van der Waals surface area contributed by atoms with E-state index in [1.165, 1.54) is 21.8 Å². The number of hydrogen-bond donors (Lipinski definition) is 1. The predicted molar refractivity (Wildman–Crippen MR) is 92.9 cm³/mol. The number of nitrogens with zero attached hydrogens (tertiary/aromatic N) is 1. The van der Waals surface area contributed by atoms with Crippen molar-refractivity contribution in [1.29, 1.82) is 0 Å². The Hall–Kier alpha value is -2.26. The number of nitrogens with two attached hydrogens (primary N) is 1. The lowest BCUT2D eigenvalue weighted by atomic mass is 10.2. The van der Waals surface area contributed by atoms with E-state index in [1.54, 1.807) is 0 Å². The van der Waals surface area contributed by atoms with E-state index >= 15 is 0 Å². The minimum atomic E-state index is 0.768. The molecule has 0 spiro atoms. The summed E-state index contributed by atoms with van der Waals surface area (Å²) in [6.45, 7) is 0. The molecule has 1 heterocycles. The summed E-state index contributed by atoms with van der Waals surface area (Å²) in [5, 5.41) is 2.49. The van der Waals surface area contributed by atoms with Crippen LogP contribution in [0.4, 0.5) is 5.69 Å². The van der Waals surface area contributed by atoms with Crippen molar-refractivity contribution < 1.29 is 0 Å². The molecule has 4 aromatic rings. The van der Waals surface area contributed by atoms with E-state index in [-0.39, 0.29) is 0 Å². The summed E-state index contributed by atoms with van der Waals surface area (Å²) in [6, 6.07) is 22.8. The number of aromatic nitrogens is 1. The van der Waals surface area contributed by atoms with E-state index in [1.807, 2.05) is 12.1 Å². The second-order valence-corrected chi connectivity index (χ2v) is 5.99. The summed E-state index contributed by atoms with van der Waals surface area (Å²) in [5.74, 6) is 0. The van der Waals surface area contributed by atoms with Gasteiger partial charge in [-0.3, -0.25) is 0 Å². The summed E-state index contributed by atoms with van der Waals surface area (Å²) in [4.78, 5) is 0. The van der Waals surface area contributed by atoms with Crippen LogP contribution in [0.15, 0.2) is 71.2 Å². The lowest BCUT2D eigenvalue weighted by molar-refractivity contribution is 1.18. The standard InChI is InChI=1S/C18H13BrN2/c19-12-9-10-15(20)18(11-12)21-16-7-3-1-5-13(16)14-6-2-4-8-17(14)21/h1-11H,20H2. The number of nitrogen functional groups attached to an aromatic ring is 1. The molecule has 0 bridgehead atoms. The number of benzene rings is 3. The van der Waals surface area contributed by atoms with Gasteiger partial charge in [-0.25, -0.2) is 0 Å². The number of rotatable bonds is 1. The third-order valence-corrected chi connectivity index (χ3v) is 4.31. The Morgan fingerprint density at radius 2 is 1.33 bits per heavy atom. The molecule has 0 aliphatic carbocycles. The molecule has 0 radical (unpaired) electrons. The van der Waals surface area contributed by atoms with Crippen LogP contribution < -0.4 is 5.73 Å². The summed E-state index contributed by atoms with van der Waals surface area (Å²) in [6.07, 6.45) is 0. The molecule has 0 atom stereocenters. The van der Waals surface area contributed by atoms with Crippen LogP contribution in [0.3, 0.4) is 0 Å². The first-order chi connectivity index (χ1) is 10.3. The van der Waals surface area contributed by atoms with Crippen molar-refractivity contribution in [2.75, 3.05) is 5.73 Å². The normalized spacial score (nSPS) is 11.3. The highest BCUT2D eigenvalue weighted by atomic mass is 79.9. The largest absolute Gasteiger partial charge is 0.397 e. The van der Waals surface area contributed by atoms with Gasteiger partial charge >= 0.3 is 0 Å². The fraction of sp³-hybridized carbons (Fsp3) is 0. The molecule has 102 valence electrons. The lowest BCUT2D eigenvalue weighted by Gasteiger charge is -2.11. The Labute approximate surface area is 130 Å². The topological polar surface area (TPSA) is 30.9 Å². The molecule has 21 heavy (non-hydrogen) atoms. The van der Waals surface area contributed by atoms with Crippen molar-refractivity contribution in [3.05, 3.63) is 71.2 Å². The molecule has 0 unspecified atom stereocenters. The van der Waals surface area contributed by atoms with E-state index in [0.29, 0.717) is 0 Å². The minimum absolute atomic E-state index is 0.768. The number of para-hydroxylation sites is 2. The maximum Gasteiger partial charge on any atom is 0.0702 e. The van der Waals surface area contributed by atoms with E-state index in [4.69, 9.17) is 5.73 Å². The average Bonchev–Trinajstić information content (AvgIpc) is 2.84. The van der Waals surface area contributed by atoms with Gasteiger partial charge in [-0.2, -0.15) is 0 Å². The second-order valence-electron chi connectivity index (χ2n) is 5.07. The first kappa shape index (κ1) is 12.5. The van der Waals surface area contributed by atoms with Crippen LogP contribution in [0.2, 0.25) is 0 Å². The lowest BCUT2D eigenvalue weighted by Crippen LogP contribution is -1.99. The van der Waals surface area contributed by atoms with Gasteiger partial charge in [-0.15, -0.1) is 0 Å². The third-order valence-electron chi connectivity index (χ3n) is 3.81. The van der Waals surface area contributed by atoms with Crippen molar-refractivity contribution in [2.24, 2.45) is 0 Å². The van der Waals surface area contributed by atoms with Gasteiger partial charge in [0, 0.05) is 15.2 Å². The fourth-order valence-electron chi connectivity index (χ4n) is 2.89. The zero-order chi connectivity index (χ0) is 14.4. The molecule has 2 nitrogen and oxygen atoms in total. The zero-order valence-corrected chi connectivity index (χ0v) is 12.8. The number of anilines is 1. The van der Waals surface area contributed by atoms with Crippen LogP contribution in [0, 0.1) is 0 Å². The van der Waals surface area contributed by atoms with Crippen molar-refractivity contribution >= 4 is 43.4 Å². The van der Waals surface area contributed by atoms with Gasteiger partial charge in [0.1, 0.15) is 0 Å². The monoisotopic (exact) mass is 336 g/mol. The first-order valence-corrected chi connectivity index (χ1v) is 7.58. The molecule has 4 rings (SSSR count). The summed E-state index contributed by atoms with van der Waals surface area (Å²) >= 11 is 3.54. The Morgan fingerprint density at radius 3 is 1.95 bits per heavy atom. The summed E-state index contributed by atoms with van der Waals surface area (Å²) < 4.78 is 3.25. The van der Waals surface area contributed by atoms with Crippen molar-refractivity contribution in [3.63, 3.8) is 0 Å². The molecule has 0 aliphatic rings. The number of fused-ring (bicyclic) bond motifs is 3. The van der Waals surface area contributed by atoms with Crippen LogP contribution in [0.1, 0.15) is 0 Å². The highest BCUT2D eigenvalue weighted by Crippen LogP contribution is 2.34. The van der Waals surface area contributed by atoms with Gasteiger partial charge in [0.2, 0.25) is 0 Å². The Morgan fingerprint density at radius 1 is 0.762 bits per heavy atom. The highest BCUT2D eigenvalue weighted by molar-refractivity contribution is 9.10. The molecule has 0 fully saturated rings. The van der Waals surface area contributed by atoms with Gasteiger partial charge in [0.25, 0.3) is 0 Å². The predicted octanol–water partition coefficient (Wildman–Crippen LogP) is 5.13. The van der Waals surface area contributed by atoms with Crippen LogP contribution in [0.25, 0.3) is 27.5 Å². The quantitative estimate of drug-likeness (QED) is 0.480. The van der Waals surface area contributed by atoms with Crippen LogP contribution in [-0.4, -0.2) is 4.57 Å². The molecule has 3 aromatic carbocycles. The molecular weight excluding hydrogens is 324 g/mol.